The van der Waals surface area contributed by atoms with Crippen molar-refractivity contribution in [2.45, 2.75) is 32.4 Å². The molecule has 17 heavy (non-hydrogen) atoms. The monoisotopic (exact) mass is 270 g/mol. The predicted octanol–water partition coefficient (Wildman–Crippen LogP) is 3.40. The lowest BCUT2D eigenvalue weighted by atomic mass is 10.0. The topological polar surface area (TPSA) is 29.3 Å². The van der Waals surface area contributed by atoms with Gasteiger partial charge in [0.15, 0.2) is 0 Å². The van der Waals surface area contributed by atoms with Crippen LogP contribution in [0.25, 0.3) is 0 Å². The van der Waals surface area contributed by atoms with E-state index in [2.05, 4.69) is 18.7 Å². The smallest absolute Gasteiger partial charge is 0.0901 e. The highest BCUT2D eigenvalue weighted by Crippen LogP contribution is 2.27. The van der Waals surface area contributed by atoms with Crippen molar-refractivity contribution < 1.29 is 0 Å². The zero-order valence-corrected chi connectivity index (χ0v) is 12.1. The van der Waals surface area contributed by atoms with Crippen LogP contribution in [-0.2, 0) is 0 Å². The molecule has 2 atom stereocenters. The van der Waals surface area contributed by atoms with Crippen LogP contribution in [0.5, 0.6) is 0 Å². The lowest BCUT2D eigenvalue weighted by Gasteiger charge is -2.32. The molecular weight excluding hydrogens is 252 g/mol. The van der Waals surface area contributed by atoms with Crippen molar-refractivity contribution in [3.63, 3.8) is 0 Å². The zero-order valence-electron chi connectivity index (χ0n) is 10.5. The van der Waals surface area contributed by atoms with Gasteiger partial charge in [-0.1, -0.05) is 48.9 Å². The van der Waals surface area contributed by atoms with E-state index in [0.717, 1.165) is 17.0 Å². The highest BCUT2D eigenvalue weighted by Gasteiger charge is 2.22. The van der Waals surface area contributed by atoms with Crippen molar-refractivity contribution in [1.29, 1.82) is 0 Å². The van der Waals surface area contributed by atoms with Crippen LogP contribution in [0.4, 0.5) is 0 Å². The summed E-state index contributed by atoms with van der Waals surface area (Å²) in [6.45, 7) is 4.20. The summed E-state index contributed by atoms with van der Waals surface area (Å²) in [6.07, 6.45) is 0.903. The average molecular weight is 271 g/mol. The number of halogens is 1. The summed E-state index contributed by atoms with van der Waals surface area (Å²) in [5.74, 6) is 0. The summed E-state index contributed by atoms with van der Waals surface area (Å²) < 4.78 is 0. The first-order valence-electron chi connectivity index (χ1n) is 5.74. The van der Waals surface area contributed by atoms with E-state index in [1.165, 1.54) is 0 Å². The van der Waals surface area contributed by atoms with Crippen LogP contribution >= 0.6 is 23.8 Å². The maximum Gasteiger partial charge on any atom is 0.0901 e. The Balaban J connectivity index is 2.93. The minimum absolute atomic E-state index is 0.108. The summed E-state index contributed by atoms with van der Waals surface area (Å²) in [6, 6.07) is 8.17. The van der Waals surface area contributed by atoms with E-state index in [4.69, 9.17) is 29.6 Å². The molecule has 0 saturated carbocycles. The molecule has 0 radical (unpaired) electrons. The van der Waals surface area contributed by atoms with E-state index in [1.807, 2.05) is 31.3 Å². The molecule has 0 amide bonds. The molecule has 1 rings (SSSR count). The number of hydrogen-bond donors (Lipinski definition) is 1. The Morgan fingerprint density at radius 2 is 2.06 bits per heavy atom. The van der Waals surface area contributed by atoms with Crippen molar-refractivity contribution in [2.24, 2.45) is 5.73 Å². The van der Waals surface area contributed by atoms with Gasteiger partial charge in [0, 0.05) is 11.1 Å². The first-order valence-corrected chi connectivity index (χ1v) is 6.53. The Labute approximate surface area is 114 Å². The number of nitrogens with zero attached hydrogens (tertiary/aromatic N) is 1. The molecule has 94 valence electrons. The van der Waals surface area contributed by atoms with Gasteiger partial charge >= 0.3 is 0 Å². The van der Waals surface area contributed by atoms with Crippen molar-refractivity contribution in [2.75, 3.05) is 7.05 Å². The number of hydrogen-bond acceptors (Lipinski definition) is 2. The Hall–Kier alpha value is -0.640. The van der Waals surface area contributed by atoms with Gasteiger partial charge in [-0.3, -0.25) is 4.90 Å². The van der Waals surface area contributed by atoms with Gasteiger partial charge < -0.3 is 5.73 Å². The van der Waals surface area contributed by atoms with Gasteiger partial charge in [0.1, 0.15) is 0 Å². The van der Waals surface area contributed by atoms with Crippen LogP contribution in [0.15, 0.2) is 24.3 Å². The van der Waals surface area contributed by atoms with Crippen LogP contribution in [0.2, 0.25) is 5.02 Å². The molecule has 0 bridgehead atoms. The second kappa shape index (κ2) is 6.34. The van der Waals surface area contributed by atoms with Gasteiger partial charge in [-0.15, -0.1) is 0 Å². The molecule has 4 heteroatoms. The number of nitrogens with two attached hydrogens (primary N) is 1. The molecule has 0 aliphatic heterocycles. The average Bonchev–Trinajstić information content (AvgIpc) is 2.29. The molecule has 2 unspecified atom stereocenters. The molecule has 0 saturated heterocycles. The number of rotatable bonds is 5. The van der Waals surface area contributed by atoms with E-state index in [1.54, 1.807) is 0 Å². The molecule has 0 aliphatic rings. The van der Waals surface area contributed by atoms with E-state index in [-0.39, 0.29) is 12.1 Å². The SMILES string of the molecule is CCC(C(N)=S)N(C)C(C)c1ccccc1Cl. The Kier molecular flexibility index (Phi) is 5.37. The largest absolute Gasteiger partial charge is 0.392 e. The first-order chi connectivity index (χ1) is 7.99. The lowest BCUT2D eigenvalue weighted by molar-refractivity contribution is 0.226. The van der Waals surface area contributed by atoms with Gasteiger partial charge in [0.25, 0.3) is 0 Å². The van der Waals surface area contributed by atoms with Gasteiger partial charge in [0.05, 0.1) is 11.0 Å². The van der Waals surface area contributed by atoms with Gasteiger partial charge in [-0.25, -0.2) is 0 Å². The van der Waals surface area contributed by atoms with E-state index in [9.17, 15) is 0 Å². The molecule has 0 heterocycles. The number of benzene rings is 1. The van der Waals surface area contributed by atoms with Crippen LogP contribution in [0.1, 0.15) is 31.9 Å². The fourth-order valence-electron chi connectivity index (χ4n) is 1.99. The standard InChI is InChI=1S/C13H19ClN2S/c1-4-12(13(15)17)16(3)9(2)10-7-5-6-8-11(10)14/h5-9,12H,4H2,1-3H3,(H2,15,17). The second-order valence-corrected chi connectivity index (χ2v) is 5.07. The van der Waals surface area contributed by atoms with Gasteiger partial charge in [-0.2, -0.15) is 0 Å². The van der Waals surface area contributed by atoms with Crippen LogP contribution in [0.3, 0.4) is 0 Å². The van der Waals surface area contributed by atoms with Gasteiger partial charge in [0.2, 0.25) is 0 Å². The predicted molar refractivity (Wildman–Crippen MR) is 78.5 cm³/mol. The molecule has 0 aromatic heterocycles. The van der Waals surface area contributed by atoms with E-state index < -0.39 is 0 Å². The Morgan fingerprint density at radius 1 is 1.47 bits per heavy atom. The molecular formula is C13H19ClN2S. The number of likely N-dealkylation sites (N-methyl/N-ethyl adjacent to an activating group) is 1. The minimum atomic E-state index is 0.108. The van der Waals surface area contributed by atoms with Gasteiger partial charge in [-0.05, 0) is 32.0 Å². The Morgan fingerprint density at radius 3 is 2.53 bits per heavy atom. The third-order valence-electron chi connectivity index (χ3n) is 3.17. The third kappa shape index (κ3) is 3.41. The van der Waals surface area contributed by atoms with E-state index >= 15 is 0 Å². The minimum Gasteiger partial charge on any atom is -0.392 e. The molecule has 2 nitrogen and oxygen atoms in total. The normalized spacial score (nSPS) is 14.6. The summed E-state index contributed by atoms with van der Waals surface area (Å²) >= 11 is 11.3. The maximum atomic E-state index is 6.20. The molecule has 0 aliphatic carbocycles. The quantitative estimate of drug-likeness (QED) is 0.832. The molecule has 0 spiro atoms. The maximum absolute atomic E-state index is 6.20. The summed E-state index contributed by atoms with van der Waals surface area (Å²) in [5, 5.41) is 0.782. The zero-order chi connectivity index (χ0) is 13.0. The van der Waals surface area contributed by atoms with Crippen LogP contribution in [0, 0.1) is 0 Å². The summed E-state index contributed by atoms with van der Waals surface area (Å²) in [4.78, 5) is 2.71. The fourth-order valence-corrected chi connectivity index (χ4v) is 2.62. The van der Waals surface area contributed by atoms with Crippen molar-refractivity contribution in [3.05, 3.63) is 34.9 Å². The number of thiocarbonyl (C=S) groups is 1. The third-order valence-corrected chi connectivity index (χ3v) is 3.79. The van der Waals surface area contributed by atoms with Crippen molar-refractivity contribution in [1.82, 2.24) is 4.90 Å². The van der Waals surface area contributed by atoms with Crippen molar-refractivity contribution in [3.8, 4) is 0 Å². The van der Waals surface area contributed by atoms with Crippen LogP contribution in [-0.4, -0.2) is 23.0 Å². The van der Waals surface area contributed by atoms with E-state index in [0.29, 0.717) is 4.99 Å². The Bertz CT molecular complexity index is 395. The first kappa shape index (κ1) is 14.4. The molecule has 1 aromatic carbocycles. The summed E-state index contributed by atoms with van der Waals surface area (Å²) in [5.41, 5.74) is 6.86. The van der Waals surface area contributed by atoms with Crippen molar-refractivity contribution >= 4 is 28.8 Å². The molecule has 2 N–H and O–H groups in total. The highest BCUT2D eigenvalue weighted by molar-refractivity contribution is 7.80. The van der Waals surface area contributed by atoms with Crippen LogP contribution < -0.4 is 5.73 Å². The molecule has 1 aromatic rings. The molecule has 0 fully saturated rings. The summed E-state index contributed by atoms with van der Waals surface area (Å²) in [7, 11) is 2.03. The lowest BCUT2D eigenvalue weighted by Crippen LogP contribution is -2.42. The second-order valence-electron chi connectivity index (χ2n) is 4.19. The highest BCUT2D eigenvalue weighted by atomic mass is 35.5. The fraction of sp³-hybridized carbons (Fsp3) is 0.462.